The van der Waals surface area contributed by atoms with Crippen molar-refractivity contribution in [1.82, 2.24) is 10.2 Å². The number of nitrogens with one attached hydrogen (secondary N) is 1. The number of hydrogen-bond donors (Lipinski definition) is 1. The second kappa shape index (κ2) is 16.3. The van der Waals surface area contributed by atoms with Gasteiger partial charge in [0.15, 0.2) is 0 Å². The van der Waals surface area contributed by atoms with Crippen molar-refractivity contribution in [3.8, 4) is 5.75 Å². The first-order chi connectivity index (χ1) is 20.5. The van der Waals surface area contributed by atoms with Crippen LogP contribution in [0.2, 0.25) is 5.02 Å². The third-order valence-corrected chi connectivity index (χ3v) is 8.59. The number of amides is 2. The fourth-order valence-corrected chi connectivity index (χ4v) is 6.04. The summed E-state index contributed by atoms with van der Waals surface area (Å²) in [7, 11) is -2.06. The molecule has 0 aliphatic rings. The molecule has 3 aromatic rings. The van der Waals surface area contributed by atoms with Gasteiger partial charge in [-0.05, 0) is 60.7 Å². The van der Waals surface area contributed by atoms with Gasteiger partial charge in [0.05, 0.1) is 19.1 Å². The Morgan fingerprint density at radius 2 is 1.70 bits per heavy atom. The predicted molar refractivity (Wildman–Crippen MR) is 173 cm³/mol. The summed E-state index contributed by atoms with van der Waals surface area (Å²) in [6.07, 6.45) is 3.54. The molecular formula is C33H42ClN3O5S. The maximum atomic E-state index is 14.0. The highest BCUT2D eigenvalue weighted by Crippen LogP contribution is 2.27. The van der Waals surface area contributed by atoms with Gasteiger partial charge in [-0.15, -0.1) is 0 Å². The first-order valence-corrected chi connectivity index (χ1v) is 16.7. The van der Waals surface area contributed by atoms with Crippen LogP contribution in [-0.2, 0) is 32.6 Å². The van der Waals surface area contributed by atoms with Crippen LogP contribution >= 0.6 is 11.6 Å². The maximum absolute atomic E-state index is 14.0. The summed E-state index contributed by atoms with van der Waals surface area (Å²) in [6.45, 7) is 4.67. The quantitative estimate of drug-likeness (QED) is 0.204. The van der Waals surface area contributed by atoms with Crippen LogP contribution in [0.4, 0.5) is 5.69 Å². The fourth-order valence-electron chi connectivity index (χ4n) is 4.86. The lowest BCUT2D eigenvalue weighted by molar-refractivity contribution is -0.141. The summed E-state index contributed by atoms with van der Waals surface area (Å²) >= 11 is 6.18. The predicted octanol–water partition coefficient (Wildman–Crippen LogP) is 5.76. The fraction of sp³-hybridized carbons (Fsp3) is 0.394. The van der Waals surface area contributed by atoms with E-state index in [9.17, 15) is 18.0 Å². The molecule has 0 saturated heterocycles. The number of sulfonamides is 1. The molecule has 8 nitrogen and oxygen atoms in total. The van der Waals surface area contributed by atoms with Crippen molar-refractivity contribution in [2.24, 2.45) is 0 Å². The Morgan fingerprint density at radius 3 is 2.37 bits per heavy atom. The molecule has 3 rings (SSSR count). The summed E-state index contributed by atoms with van der Waals surface area (Å²) in [5.74, 6) is 0.184. The van der Waals surface area contributed by atoms with Crippen molar-refractivity contribution < 1.29 is 22.7 Å². The van der Waals surface area contributed by atoms with Crippen LogP contribution in [0.15, 0.2) is 72.8 Å². The Hall–Kier alpha value is -3.56. The van der Waals surface area contributed by atoms with Gasteiger partial charge in [-0.25, -0.2) is 8.42 Å². The number of unbranched alkanes of at least 4 members (excludes halogenated alkanes) is 1. The molecule has 0 bridgehead atoms. The third-order valence-electron chi connectivity index (χ3n) is 7.18. The lowest BCUT2D eigenvalue weighted by Gasteiger charge is -2.32. The monoisotopic (exact) mass is 627 g/mol. The van der Waals surface area contributed by atoms with Crippen LogP contribution in [0.5, 0.6) is 5.75 Å². The second-order valence-electron chi connectivity index (χ2n) is 10.6. The number of hydrogen-bond acceptors (Lipinski definition) is 5. The first-order valence-electron chi connectivity index (χ1n) is 14.5. The molecule has 0 heterocycles. The number of aryl methyl sites for hydroxylation is 1. The molecule has 43 heavy (non-hydrogen) atoms. The van der Waals surface area contributed by atoms with E-state index < -0.39 is 16.1 Å². The number of ether oxygens (including phenoxy) is 1. The maximum Gasteiger partial charge on any atom is 0.243 e. The summed E-state index contributed by atoms with van der Waals surface area (Å²) < 4.78 is 32.2. The smallest absolute Gasteiger partial charge is 0.243 e. The van der Waals surface area contributed by atoms with E-state index in [2.05, 4.69) is 12.2 Å². The number of halogens is 1. The van der Waals surface area contributed by atoms with Gasteiger partial charge in [-0.1, -0.05) is 73.5 Å². The highest BCUT2D eigenvalue weighted by molar-refractivity contribution is 7.92. The topological polar surface area (TPSA) is 96.0 Å². The number of benzene rings is 3. The van der Waals surface area contributed by atoms with Crippen molar-refractivity contribution in [2.45, 2.75) is 58.5 Å². The van der Waals surface area contributed by atoms with E-state index in [1.54, 1.807) is 30.2 Å². The average Bonchev–Trinajstić information content (AvgIpc) is 2.98. The second-order valence-corrected chi connectivity index (χ2v) is 12.9. The molecule has 10 heteroatoms. The molecule has 0 aromatic heterocycles. The van der Waals surface area contributed by atoms with Crippen LogP contribution in [0.3, 0.4) is 0 Å². The number of rotatable bonds is 16. The van der Waals surface area contributed by atoms with Crippen molar-refractivity contribution >= 4 is 39.1 Å². The van der Waals surface area contributed by atoms with Crippen molar-refractivity contribution in [1.29, 1.82) is 0 Å². The van der Waals surface area contributed by atoms with Gasteiger partial charge in [-0.3, -0.25) is 13.9 Å². The van der Waals surface area contributed by atoms with Gasteiger partial charge >= 0.3 is 0 Å². The van der Waals surface area contributed by atoms with Crippen LogP contribution in [0.1, 0.15) is 49.3 Å². The molecule has 3 aromatic carbocycles. The Labute approximate surface area is 261 Å². The molecule has 0 radical (unpaired) electrons. The van der Waals surface area contributed by atoms with Crippen LogP contribution < -0.4 is 14.4 Å². The van der Waals surface area contributed by atoms with Crippen molar-refractivity contribution in [3.05, 3.63) is 94.5 Å². The first kappa shape index (κ1) is 33.9. The van der Waals surface area contributed by atoms with Crippen molar-refractivity contribution in [2.75, 3.05) is 30.8 Å². The molecule has 0 fully saturated rings. The largest absolute Gasteiger partial charge is 0.497 e. The zero-order valence-electron chi connectivity index (χ0n) is 25.4. The summed E-state index contributed by atoms with van der Waals surface area (Å²) in [6, 6.07) is 21.4. The average molecular weight is 628 g/mol. The highest BCUT2D eigenvalue weighted by atomic mass is 35.5. The molecular weight excluding hydrogens is 586 g/mol. The van der Waals surface area contributed by atoms with E-state index in [0.29, 0.717) is 29.4 Å². The summed E-state index contributed by atoms with van der Waals surface area (Å²) in [5, 5.41) is 3.44. The number of carbonyl (C=O) groups excluding carboxylic acids is 2. The molecule has 0 spiro atoms. The molecule has 0 aliphatic heterocycles. The van der Waals surface area contributed by atoms with E-state index in [-0.39, 0.29) is 37.7 Å². The Bertz CT molecular complexity index is 1470. The van der Waals surface area contributed by atoms with Crippen LogP contribution in [0, 0.1) is 6.92 Å². The van der Waals surface area contributed by atoms with E-state index in [1.807, 2.05) is 61.5 Å². The van der Waals surface area contributed by atoms with Gasteiger partial charge < -0.3 is 15.0 Å². The van der Waals surface area contributed by atoms with Gasteiger partial charge in [0.1, 0.15) is 11.8 Å². The highest BCUT2D eigenvalue weighted by Gasteiger charge is 2.30. The van der Waals surface area contributed by atoms with Gasteiger partial charge in [0, 0.05) is 37.5 Å². The van der Waals surface area contributed by atoms with E-state index in [4.69, 9.17) is 16.3 Å². The number of carbonyl (C=O) groups is 2. The normalized spacial score (nSPS) is 11.9. The minimum atomic E-state index is -3.64. The Balaban J connectivity index is 1.91. The Kier molecular flexibility index (Phi) is 12.9. The molecule has 2 amide bonds. The standard InChI is InChI=1S/C33H42ClN3O5S/c1-5-6-19-35-33(39)31(22-26-12-8-7-9-13-26)36(24-27-14-10-15-29(21-27)42-3)32(38)16-11-20-37(43(4,40)41)30-23-28(34)18-17-25(30)2/h7-10,12-15,17-18,21,23,31H,5-6,11,16,19-20,22,24H2,1-4H3,(H,35,39). The number of methoxy groups -OCH3 is 1. The molecule has 1 unspecified atom stereocenters. The zero-order chi connectivity index (χ0) is 31.4. The van der Waals surface area contributed by atoms with Crippen molar-refractivity contribution in [3.63, 3.8) is 0 Å². The molecule has 0 saturated carbocycles. The zero-order valence-corrected chi connectivity index (χ0v) is 27.0. The summed E-state index contributed by atoms with van der Waals surface area (Å²) in [4.78, 5) is 29.2. The summed E-state index contributed by atoms with van der Waals surface area (Å²) in [5.41, 5.74) is 2.99. The molecule has 1 N–H and O–H groups in total. The van der Waals surface area contributed by atoms with Crippen LogP contribution in [0.25, 0.3) is 0 Å². The molecule has 0 aliphatic carbocycles. The Morgan fingerprint density at radius 1 is 0.977 bits per heavy atom. The third kappa shape index (κ3) is 10.3. The lowest BCUT2D eigenvalue weighted by Crippen LogP contribution is -2.50. The van der Waals surface area contributed by atoms with E-state index in [1.165, 1.54) is 4.31 Å². The lowest BCUT2D eigenvalue weighted by atomic mass is 10.0. The van der Waals surface area contributed by atoms with Gasteiger partial charge in [-0.2, -0.15) is 0 Å². The van der Waals surface area contributed by atoms with Crippen LogP contribution in [-0.4, -0.2) is 57.6 Å². The van der Waals surface area contributed by atoms with Gasteiger partial charge in [0.2, 0.25) is 21.8 Å². The molecule has 1 atom stereocenters. The number of anilines is 1. The van der Waals surface area contributed by atoms with Gasteiger partial charge in [0.25, 0.3) is 0 Å². The minimum absolute atomic E-state index is 0.0448. The van der Waals surface area contributed by atoms with E-state index in [0.717, 1.165) is 35.8 Å². The molecule has 232 valence electrons. The minimum Gasteiger partial charge on any atom is -0.497 e. The van der Waals surface area contributed by atoms with E-state index >= 15 is 0 Å². The SMILES string of the molecule is CCCCNC(=O)C(Cc1ccccc1)N(Cc1cccc(OC)c1)C(=O)CCCN(c1cc(Cl)ccc1C)S(C)(=O)=O. The number of nitrogens with zero attached hydrogens (tertiary/aromatic N) is 2.